The fraction of sp³-hybridized carbons (Fsp3) is 0.143. The zero-order valence-corrected chi connectivity index (χ0v) is 14.9. The lowest BCUT2D eigenvalue weighted by atomic mass is 10.3. The molecule has 0 radical (unpaired) electrons. The number of phenols is 1. The van der Waals surface area contributed by atoms with Gasteiger partial charge in [-0.1, -0.05) is 24.3 Å². The van der Waals surface area contributed by atoms with Crippen LogP contribution in [0.3, 0.4) is 0 Å². The molecule has 0 heterocycles. The molecule has 5 heteroatoms. The summed E-state index contributed by atoms with van der Waals surface area (Å²) in [5.74, 6) is 2.82. The van der Waals surface area contributed by atoms with Crippen molar-refractivity contribution in [2.75, 3.05) is 12.4 Å². The summed E-state index contributed by atoms with van der Waals surface area (Å²) in [7, 11) is 0. The van der Waals surface area contributed by atoms with E-state index in [0.29, 0.717) is 17.3 Å². The van der Waals surface area contributed by atoms with E-state index in [1.807, 2.05) is 60.7 Å². The number of ether oxygens (including phenoxy) is 2. The van der Waals surface area contributed by atoms with Crippen molar-refractivity contribution in [3.63, 3.8) is 0 Å². The maximum absolute atomic E-state index is 10.1. The molecule has 2 N–H and O–H groups in total. The normalized spacial score (nSPS) is 11.7. The third-order valence-corrected chi connectivity index (χ3v) is 4.66. The number of para-hydroxylation sites is 1. The molecule has 0 fully saturated rings. The van der Waals surface area contributed by atoms with Crippen LogP contribution in [0.5, 0.6) is 23.0 Å². The van der Waals surface area contributed by atoms with Crippen LogP contribution in [0.25, 0.3) is 0 Å². The van der Waals surface area contributed by atoms with Crippen LogP contribution in [-0.2, 0) is 0 Å². The maximum atomic E-state index is 10.1. The summed E-state index contributed by atoms with van der Waals surface area (Å²) in [4.78, 5) is 0.986. The van der Waals surface area contributed by atoms with Gasteiger partial charge in [0.05, 0.1) is 6.10 Å². The van der Waals surface area contributed by atoms with Gasteiger partial charge >= 0.3 is 0 Å². The highest BCUT2D eigenvalue weighted by atomic mass is 32.2. The van der Waals surface area contributed by atoms with Crippen molar-refractivity contribution < 1.29 is 19.7 Å². The summed E-state index contributed by atoms with van der Waals surface area (Å²) in [5, 5.41) is 19.4. The highest BCUT2D eigenvalue weighted by Crippen LogP contribution is 2.25. The Balaban J connectivity index is 1.48. The first-order chi connectivity index (χ1) is 12.7. The lowest BCUT2D eigenvalue weighted by molar-refractivity contribution is 0.126. The average molecular weight is 368 g/mol. The van der Waals surface area contributed by atoms with Crippen LogP contribution in [0, 0.1) is 0 Å². The lowest BCUT2D eigenvalue weighted by Crippen LogP contribution is -2.20. The predicted octanol–water partition coefficient (Wildman–Crippen LogP) is 4.72. The molecule has 0 saturated heterocycles. The van der Waals surface area contributed by atoms with Crippen molar-refractivity contribution in [3.8, 4) is 23.0 Å². The van der Waals surface area contributed by atoms with Gasteiger partial charge in [-0.05, 0) is 48.5 Å². The molecular weight excluding hydrogens is 348 g/mol. The van der Waals surface area contributed by atoms with E-state index in [2.05, 4.69) is 0 Å². The Bertz CT molecular complexity index is 806. The topological polar surface area (TPSA) is 58.9 Å². The third kappa shape index (κ3) is 5.72. The zero-order valence-electron chi connectivity index (χ0n) is 14.1. The van der Waals surface area contributed by atoms with Crippen LogP contribution in [0.1, 0.15) is 0 Å². The predicted molar refractivity (Wildman–Crippen MR) is 103 cm³/mol. The molecule has 0 bridgehead atoms. The van der Waals surface area contributed by atoms with Crippen molar-refractivity contribution >= 4 is 11.8 Å². The van der Waals surface area contributed by atoms with E-state index < -0.39 is 6.10 Å². The molecule has 0 aliphatic carbocycles. The Morgan fingerprint density at radius 1 is 0.808 bits per heavy atom. The molecule has 0 aliphatic heterocycles. The highest BCUT2D eigenvalue weighted by molar-refractivity contribution is 7.99. The molecular formula is C21H20O4S. The smallest absolute Gasteiger partial charge is 0.131 e. The second-order valence-electron chi connectivity index (χ2n) is 5.66. The van der Waals surface area contributed by atoms with Gasteiger partial charge in [0, 0.05) is 16.7 Å². The van der Waals surface area contributed by atoms with E-state index in [9.17, 15) is 10.2 Å². The Morgan fingerprint density at radius 2 is 1.50 bits per heavy atom. The Morgan fingerprint density at radius 3 is 2.27 bits per heavy atom. The molecule has 0 amide bonds. The first kappa shape index (κ1) is 18.2. The van der Waals surface area contributed by atoms with Crippen LogP contribution in [0.15, 0.2) is 83.8 Å². The van der Waals surface area contributed by atoms with E-state index in [1.165, 1.54) is 11.8 Å². The van der Waals surface area contributed by atoms with E-state index in [-0.39, 0.29) is 12.4 Å². The van der Waals surface area contributed by atoms with Crippen molar-refractivity contribution in [2.24, 2.45) is 0 Å². The molecule has 1 unspecified atom stereocenters. The molecule has 4 nitrogen and oxygen atoms in total. The van der Waals surface area contributed by atoms with Gasteiger partial charge in [-0.25, -0.2) is 0 Å². The minimum absolute atomic E-state index is 0.194. The van der Waals surface area contributed by atoms with Gasteiger partial charge in [-0.2, -0.15) is 0 Å². The zero-order chi connectivity index (χ0) is 18.2. The number of hydrogen-bond donors (Lipinski definition) is 2. The van der Waals surface area contributed by atoms with Crippen molar-refractivity contribution in [1.82, 2.24) is 0 Å². The van der Waals surface area contributed by atoms with Crippen molar-refractivity contribution in [3.05, 3.63) is 78.9 Å². The van der Waals surface area contributed by atoms with E-state index in [1.54, 1.807) is 18.2 Å². The molecule has 1 atom stereocenters. The van der Waals surface area contributed by atoms with Gasteiger partial charge in [0.15, 0.2) is 0 Å². The minimum Gasteiger partial charge on any atom is -0.508 e. The number of thioether (sulfide) groups is 1. The first-order valence-electron chi connectivity index (χ1n) is 8.25. The van der Waals surface area contributed by atoms with Gasteiger partial charge in [0.25, 0.3) is 0 Å². The molecule has 3 rings (SSSR count). The number of aliphatic hydroxyl groups is 1. The summed E-state index contributed by atoms with van der Waals surface area (Å²) >= 11 is 1.51. The summed E-state index contributed by atoms with van der Waals surface area (Å²) in [5.41, 5.74) is 0. The van der Waals surface area contributed by atoms with E-state index in [4.69, 9.17) is 9.47 Å². The standard InChI is InChI=1S/C21H20O4S/c22-16-9-11-21(12-10-16)26-15-17(23)14-24-19-7-4-8-20(13-19)25-18-5-2-1-3-6-18/h1-13,17,22-23H,14-15H2. The maximum Gasteiger partial charge on any atom is 0.131 e. The average Bonchev–Trinajstić information content (AvgIpc) is 2.67. The van der Waals surface area contributed by atoms with Gasteiger partial charge in [0.1, 0.15) is 29.6 Å². The highest BCUT2D eigenvalue weighted by Gasteiger charge is 2.07. The summed E-state index contributed by atoms with van der Waals surface area (Å²) < 4.78 is 11.4. The summed E-state index contributed by atoms with van der Waals surface area (Å²) in [6.07, 6.45) is -0.604. The molecule has 3 aromatic carbocycles. The lowest BCUT2D eigenvalue weighted by Gasteiger charge is -2.13. The number of aromatic hydroxyl groups is 1. The number of phenolic OH excluding ortho intramolecular Hbond substituents is 1. The van der Waals surface area contributed by atoms with Crippen molar-refractivity contribution in [1.29, 1.82) is 0 Å². The molecule has 0 aliphatic rings. The summed E-state index contributed by atoms with van der Waals surface area (Å²) in [6.45, 7) is 0.194. The molecule has 0 spiro atoms. The molecule has 26 heavy (non-hydrogen) atoms. The number of aliphatic hydroxyl groups excluding tert-OH is 1. The molecule has 0 aromatic heterocycles. The van der Waals surface area contributed by atoms with Gasteiger partial charge in [-0.3, -0.25) is 0 Å². The van der Waals surface area contributed by atoms with Gasteiger partial charge < -0.3 is 19.7 Å². The Labute approximate surface area is 157 Å². The first-order valence-corrected chi connectivity index (χ1v) is 9.23. The van der Waals surface area contributed by atoms with Crippen LogP contribution < -0.4 is 9.47 Å². The largest absolute Gasteiger partial charge is 0.508 e. The second kappa shape index (κ2) is 9.17. The number of rotatable bonds is 8. The summed E-state index contributed by atoms with van der Waals surface area (Å²) in [6, 6.07) is 23.8. The third-order valence-electron chi connectivity index (χ3n) is 3.51. The van der Waals surface area contributed by atoms with Gasteiger partial charge in [0.2, 0.25) is 0 Å². The van der Waals surface area contributed by atoms with E-state index in [0.717, 1.165) is 10.6 Å². The fourth-order valence-electron chi connectivity index (χ4n) is 2.23. The van der Waals surface area contributed by atoms with Gasteiger partial charge in [-0.15, -0.1) is 11.8 Å². The number of benzene rings is 3. The fourth-order valence-corrected chi connectivity index (χ4v) is 3.04. The monoisotopic (exact) mass is 368 g/mol. The van der Waals surface area contributed by atoms with Crippen LogP contribution in [-0.4, -0.2) is 28.7 Å². The quantitative estimate of drug-likeness (QED) is 0.564. The second-order valence-corrected chi connectivity index (χ2v) is 6.75. The Kier molecular flexibility index (Phi) is 6.41. The van der Waals surface area contributed by atoms with Crippen LogP contribution in [0.2, 0.25) is 0 Å². The Hall–Kier alpha value is -2.63. The number of hydrogen-bond acceptors (Lipinski definition) is 5. The van der Waals surface area contributed by atoms with E-state index >= 15 is 0 Å². The van der Waals surface area contributed by atoms with Crippen LogP contribution in [0.4, 0.5) is 0 Å². The molecule has 134 valence electrons. The van der Waals surface area contributed by atoms with Crippen molar-refractivity contribution in [2.45, 2.75) is 11.0 Å². The van der Waals surface area contributed by atoms with Crippen LogP contribution >= 0.6 is 11.8 Å². The minimum atomic E-state index is -0.604. The SMILES string of the molecule is Oc1ccc(SCC(O)COc2cccc(Oc3ccccc3)c2)cc1. The molecule has 0 saturated carbocycles. The molecule has 3 aromatic rings.